The van der Waals surface area contributed by atoms with Crippen LogP contribution in [0.2, 0.25) is 0 Å². The van der Waals surface area contributed by atoms with E-state index in [1.807, 2.05) is 6.07 Å². The topological polar surface area (TPSA) is 101 Å². The van der Waals surface area contributed by atoms with E-state index in [4.69, 9.17) is 4.74 Å². The van der Waals surface area contributed by atoms with Gasteiger partial charge in [-0.1, -0.05) is 12.1 Å². The van der Waals surface area contributed by atoms with Crippen LogP contribution in [0.4, 0.5) is 23.7 Å². The highest BCUT2D eigenvalue weighted by molar-refractivity contribution is 5.89. The molecule has 33 heavy (non-hydrogen) atoms. The summed E-state index contributed by atoms with van der Waals surface area (Å²) < 4.78 is 45.5. The second-order valence-corrected chi connectivity index (χ2v) is 7.16. The van der Waals surface area contributed by atoms with Crippen molar-refractivity contribution in [3.8, 4) is 11.5 Å². The Labute approximate surface area is 185 Å². The largest absolute Gasteiger partial charge is 0.457 e. The Bertz CT molecular complexity index is 1360. The fourth-order valence-electron chi connectivity index (χ4n) is 3.13. The predicted octanol–water partition coefficient (Wildman–Crippen LogP) is 4.39. The number of aryl methyl sites for hydroxylation is 1. The van der Waals surface area contributed by atoms with E-state index in [1.165, 1.54) is 7.05 Å². The third-order valence-corrected chi connectivity index (χ3v) is 4.78. The molecule has 3 N–H and O–H groups in total. The molecular weight excluding hydrogens is 439 g/mol. The Morgan fingerprint density at radius 1 is 1.18 bits per heavy atom. The standard InChI is InChI=1S/C22H18F3N5O3/c1-30-12-14(22(23,24)25)10-17(20(30)31)29-21(32)28-11-13-2-4-15(5-3-13)33-18-7-9-27-19-16(18)6-8-26-19/h2-10,12H,11H2,1H3,(H,26,27)(H2,28,29,32). The maximum atomic E-state index is 13.0. The van der Waals surface area contributed by atoms with E-state index in [0.29, 0.717) is 29.4 Å². The summed E-state index contributed by atoms with van der Waals surface area (Å²) in [4.78, 5) is 31.4. The van der Waals surface area contributed by atoms with E-state index < -0.39 is 29.0 Å². The van der Waals surface area contributed by atoms with Crippen molar-refractivity contribution in [2.45, 2.75) is 12.7 Å². The van der Waals surface area contributed by atoms with Gasteiger partial charge >= 0.3 is 12.2 Å². The number of ether oxygens (including phenoxy) is 1. The quantitative estimate of drug-likeness (QED) is 0.414. The smallest absolute Gasteiger partial charge is 0.417 e. The molecule has 0 spiro atoms. The fourth-order valence-corrected chi connectivity index (χ4v) is 3.13. The van der Waals surface area contributed by atoms with Crippen LogP contribution in [0, 0.1) is 0 Å². The summed E-state index contributed by atoms with van der Waals surface area (Å²) in [6, 6.07) is 10.3. The normalized spacial score (nSPS) is 11.4. The molecule has 0 aliphatic carbocycles. The van der Waals surface area contributed by atoms with E-state index in [1.54, 1.807) is 42.7 Å². The minimum absolute atomic E-state index is 0.0860. The van der Waals surface area contributed by atoms with E-state index in [9.17, 15) is 22.8 Å². The van der Waals surface area contributed by atoms with Gasteiger partial charge in [0.2, 0.25) is 0 Å². The SMILES string of the molecule is Cn1cc(C(F)(F)F)cc(NC(=O)NCc2ccc(Oc3ccnc4[nH]ccc34)cc2)c1=O. The first-order valence-electron chi connectivity index (χ1n) is 9.72. The molecule has 4 rings (SSSR count). The van der Waals surface area contributed by atoms with Crippen molar-refractivity contribution >= 4 is 22.8 Å². The number of nitrogens with zero attached hydrogens (tertiary/aromatic N) is 2. The van der Waals surface area contributed by atoms with E-state index in [2.05, 4.69) is 20.6 Å². The van der Waals surface area contributed by atoms with E-state index in [-0.39, 0.29) is 6.54 Å². The molecule has 0 bridgehead atoms. The van der Waals surface area contributed by atoms with Gasteiger partial charge in [-0.2, -0.15) is 13.2 Å². The zero-order chi connectivity index (χ0) is 23.6. The molecule has 0 unspecified atom stereocenters. The Morgan fingerprint density at radius 3 is 2.67 bits per heavy atom. The average Bonchev–Trinajstić information content (AvgIpc) is 3.25. The zero-order valence-electron chi connectivity index (χ0n) is 17.2. The summed E-state index contributed by atoms with van der Waals surface area (Å²) in [6.45, 7) is 0.0860. The van der Waals surface area contributed by atoms with Gasteiger partial charge in [0.25, 0.3) is 5.56 Å². The first kappa shape index (κ1) is 21.9. The Hall–Kier alpha value is -4.28. The summed E-state index contributed by atoms with van der Waals surface area (Å²) in [6.07, 6.45) is -0.588. The number of urea groups is 1. The van der Waals surface area contributed by atoms with Crippen molar-refractivity contribution in [1.29, 1.82) is 0 Å². The van der Waals surface area contributed by atoms with Gasteiger partial charge in [-0.25, -0.2) is 9.78 Å². The summed E-state index contributed by atoms with van der Waals surface area (Å²) >= 11 is 0. The van der Waals surface area contributed by atoms with Crippen molar-refractivity contribution in [2.75, 3.05) is 5.32 Å². The van der Waals surface area contributed by atoms with Gasteiger partial charge in [-0.15, -0.1) is 0 Å². The molecule has 0 saturated carbocycles. The third-order valence-electron chi connectivity index (χ3n) is 4.78. The number of fused-ring (bicyclic) bond motifs is 1. The first-order chi connectivity index (χ1) is 15.7. The van der Waals surface area contributed by atoms with Crippen LogP contribution >= 0.6 is 0 Å². The van der Waals surface area contributed by atoms with Crippen molar-refractivity contribution < 1.29 is 22.7 Å². The average molecular weight is 457 g/mol. The second kappa shape index (κ2) is 8.69. The molecule has 170 valence electrons. The number of pyridine rings is 2. The van der Waals surface area contributed by atoms with Gasteiger partial charge < -0.3 is 24.9 Å². The number of H-pyrrole nitrogens is 1. The molecule has 0 atom stereocenters. The lowest BCUT2D eigenvalue weighted by Crippen LogP contribution is -2.32. The Kier molecular flexibility index (Phi) is 5.78. The van der Waals surface area contributed by atoms with Crippen LogP contribution in [0.3, 0.4) is 0 Å². The van der Waals surface area contributed by atoms with Crippen molar-refractivity contribution in [2.24, 2.45) is 7.05 Å². The summed E-state index contributed by atoms with van der Waals surface area (Å²) in [5, 5.41) is 5.52. The number of carbonyl (C=O) groups excluding carboxylic acids is 1. The molecule has 11 heteroatoms. The zero-order valence-corrected chi connectivity index (χ0v) is 17.2. The minimum Gasteiger partial charge on any atom is -0.457 e. The number of nitrogens with one attached hydrogen (secondary N) is 3. The van der Waals surface area contributed by atoms with E-state index >= 15 is 0 Å². The summed E-state index contributed by atoms with van der Waals surface area (Å²) in [7, 11) is 1.18. The van der Waals surface area contributed by atoms with Crippen LogP contribution < -0.4 is 20.9 Å². The molecule has 3 aromatic heterocycles. The molecule has 8 nitrogen and oxygen atoms in total. The third kappa shape index (κ3) is 4.97. The van der Waals surface area contributed by atoms with Crippen LogP contribution in [-0.2, 0) is 19.8 Å². The van der Waals surface area contributed by atoms with Crippen molar-refractivity contribution in [3.63, 3.8) is 0 Å². The number of rotatable bonds is 5. The number of alkyl halides is 3. The van der Waals surface area contributed by atoms with Gasteiger partial charge in [0, 0.05) is 32.2 Å². The predicted molar refractivity (Wildman–Crippen MR) is 115 cm³/mol. The molecule has 0 radical (unpaired) electrons. The molecule has 4 aromatic rings. The Balaban J connectivity index is 1.38. The number of halogens is 3. The van der Waals surface area contributed by atoms with Gasteiger partial charge in [-0.05, 0) is 35.9 Å². The number of amides is 2. The van der Waals surface area contributed by atoms with Crippen molar-refractivity contribution in [1.82, 2.24) is 19.9 Å². The maximum absolute atomic E-state index is 13.0. The number of hydrogen-bond donors (Lipinski definition) is 3. The molecule has 0 aliphatic rings. The van der Waals surface area contributed by atoms with Crippen LogP contribution in [0.5, 0.6) is 11.5 Å². The second-order valence-electron chi connectivity index (χ2n) is 7.16. The van der Waals surface area contributed by atoms with Crippen LogP contribution in [0.1, 0.15) is 11.1 Å². The molecule has 3 heterocycles. The minimum atomic E-state index is -4.65. The molecule has 0 aliphatic heterocycles. The van der Waals surface area contributed by atoms with Gasteiger partial charge in [0.15, 0.2) is 0 Å². The lowest BCUT2D eigenvalue weighted by atomic mass is 10.2. The molecular formula is C22H18F3N5O3. The molecule has 0 fully saturated rings. The highest BCUT2D eigenvalue weighted by atomic mass is 19.4. The number of anilines is 1. The van der Waals surface area contributed by atoms with Gasteiger partial charge in [0.1, 0.15) is 22.8 Å². The number of aromatic amines is 1. The van der Waals surface area contributed by atoms with E-state index in [0.717, 1.165) is 15.5 Å². The van der Waals surface area contributed by atoms with Gasteiger partial charge in [-0.3, -0.25) is 4.79 Å². The fraction of sp³-hybridized carbons (Fsp3) is 0.136. The van der Waals surface area contributed by atoms with Gasteiger partial charge in [0.05, 0.1) is 10.9 Å². The monoisotopic (exact) mass is 457 g/mol. The number of aromatic nitrogens is 3. The molecule has 2 amide bonds. The molecule has 1 aromatic carbocycles. The Morgan fingerprint density at radius 2 is 1.94 bits per heavy atom. The maximum Gasteiger partial charge on any atom is 0.417 e. The highest BCUT2D eigenvalue weighted by Crippen LogP contribution is 2.30. The first-order valence-corrected chi connectivity index (χ1v) is 9.72. The summed E-state index contributed by atoms with van der Waals surface area (Å²) in [5.41, 5.74) is -0.846. The number of hydrogen-bond acceptors (Lipinski definition) is 4. The van der Waals surface area contributed by atoms with Crippen LogP contribution in [0.15, 0.2) is 65.8 Å². The number of carbonyl (C=O) groups is 1. The van der Waals surface area contributed by atoms with Crippen LogP contribution in [0.25, 0.3) is 11.0 Å². The molecule has 0 saturated heterocycles. The number of benzene rings is 1. The lowest BCUT2D eigenvalue weighted by molar-refractivity contribution is -0.138. The van der Waals surface area contributed by atoms with Crippen LogP contribution in [-0.4, -0.2) is 20.6 Å². The highest BCUT2D eigenvalue weighted by Gasteiger charge is 2.32. The van der Waals surface area contributed by atoms with Crippen molar-refractivity contribution in [3.05, 3.63) is 82.5 Å². The lowest BCUT2D eigenvalue weighted by Gasteiger charge is -2.12. The summed E-state index contributed by atoms with van der Waals surface area (Å²) in [5.74, 6) is 1.21.